The number of ether oxygens (including phenoxy) is 1. The molecular weight excluding hydrogens is 248 g/mol. The molecule has 3 aliphatic rings. The third-order valence-electron chi connectivity index (χ3n) is 5.96. The van der Waals surface area contributed by atoms with Crippen LogP contribution in [0.15, 0.2) is 0 Å². The summed E-state index contributed by atoms with van der Waals surface area (Å²) < 4.78 is 6.03. The molecule has 0 aromatic rings. The Morgan fingerprint density at radius 3 is 2.60 bits per heavy atom. The largest absolute Gasteiger partial charge is 0.378 e. The van der Waals surface area contributed by atoms with Crippen molar-refractivity contribution in [3.63, 3.8) is 0 Å². The van der Waals surface area contributed by atoms with Crippen LogP contribution in [0.1, 0.15) is 58.3 Å². The lowest BCUT2D eigenvalue weighted by Gasteiger charge is -2.58. The minimum Gasteiger partial charge on any atom is -0.378 e. The van der Waals surface area contributed by atoms with E-state index in [1.165, 1.54) is 57.9 Å². The molecule has 0 aromatic carbocycles. The Morgan fingerprint density at radius 1 is 1.20 bits per heavy atom. The average Bonchev–Trinajstić information content (AvgIpc) is 3.31. The molecule has 3 saturated carbocycles. The zero-order valence-electron chi connectivity index (χ0n) is 13.4. The van der Waals surface area contributed by atoms with Crippen molar-refractivity contribution in [3.8, 4) is 0 Å². The van der Waals surface area contributed by atoms with E-state index in [0.717, 1.165) is 19.2 Å². The average molecular weight is 280 g/mol. The first-order chi connectivity index (χ1) is 9.76. The molecule has 20 heavy (non-hydrogen) atoms. The summed E-state index contributed by atoms with van der Waals surface area (Å²) in [7, 11) is 2.28. The van der Waals surface area contributed by atoms with Gasteiger partial charge in [0.25, 0.3) is 0 Å². The van der Waals surface area contributed by atoms with E-state index in [1.54, 1.807) is 0 Å². The number of nitrogens with zero attached hydrogens (tertiary/aromatic N) is 1. The van der Waals surface area contributed by atoms with Gasteiger partial charge >= 0.3 is 0 Å². The predicted molar refractivity (Wildman–Crippen MR) is 83.0 cm³/mol. The van der Waals surface area contributed by atoms with Crippen LogP contribution >= 0.6 is 0 Å². The Hall–Kier alpha value is -0.120. The highest BCUT2D eigenvalue weighted by Gasteiger charge is 2.55. The lowest BCUT2D eigenvalue weighted by Crippen LogP contribution is -2.65. The maximum atomic E-state index is 6.03. The molecule has 0 saturated heterocycles. The number of hydrogen-bond acceptors (Lipinski definition) is 3. The number of likely N-dealkylation sites (N-methyl/N-ethyl adjacent to an activating group) is 1. The number of nitrogens with one attached hydrogen (secondary N) is 1. The maximum Gasteiger partial charge on any atom is 0.0661 e. The van der Waals surface area contributed by atoms with Crippen LogP contribution in [0.5, 0.6) is 0 Å². The first kappa shape index (κ1) is 14.8. The molecule has 1 N–H and O–H groups in total. The highest BCUT2D eigenvalue weighted by Crippen LogP contribution is 2.53. The fourth-order valence-corrected chi connectivity index (χ4v) is 4.46. The van der Waals surface area contributed by atoms with E-state index in [2.05, 4.69) is 24.2 Å². The van der Waals surface area contributed by atoms with Crippen molar-refractivity contribution in [3.05, 3.63) is 0 Å². The van der Waals surface area contributed by atoms with Crippen LogP contribution in [-0.4, -0.2) is 49.8 Å². The van der Waals surface area contributed by atoms with Crippen LogP contribution in [-0.2, 0) is 4.74 Å². The van der Waals surface area contributed by atoms with Crippen molar-refractivity contribution in [1.29, 1.82) is 0 Å². The summed E-state index contributed by atoms with van der Waals surface area (Å²) in [6.45, 7) is 5.38. The smallest absolute Gasteiger partial charge is 0.0661 e. The molecule has 2 unspecified atom stereocenters. The van der Waals surface area contributed by atoms with Gasteiger partial charge in [-0.05, 0) is 46.1 Å². The summed E-state index contributed by atoms with van der Waals surface area (Å²) in [4.78, 5) is 2.53. The van der Waals surface area contributed by atoms with Gasteiger partial charge in [0.1, 0.15) is 0 Å². The van der Waals surface area contributed by atoms with E-state index in [9.17, 15) is 0 Å². The molecule has 0 aliphatic heterocycles. The van der Waals surface area contributed by atoms with Gasteiger partial charge < -0.3 is 15.0 Å². The summed E-state index contributed by atoms with van der Waals surface area (Å²) in [5.74, 6) is 0. The fourth-order valence-electron chi connectivity index (χ4n) is 4.46. The van der Waals surface area contributed by atoms with Crippen molar-refractivity contribution in [1.82, 2.24) is 10.2 Å². The fraction of sp³-hybridized carbons (Fsp3) is 1.00. The van der Waals surface area contributed by atoms with Crippen LogP contribution in [0.25, 0.3) is 0 Å². The molecule has 3 aliphatic carbocycles. The summed E-state index contributed by atoms with van der Waals surface area (Å²) in [6.07, 6.45) is 11.6. The molecule has 1 spiro atoms. The minimum absolute atomic E-state index is 0.479. The van der Waals surface area contributed by atoms with Crippen molar-refractivity contribution < 1.29 is 4.74 Å². The molecule has 0 radical (unpaired) electrons. The molecule has 0 amide bonds. The zero-order chi connectivity index (χ0) is 14.0. The second-order valence-electron chi connectivity index (χ2n) is 7.19. The summed E-state index contributed by atoms with van der Waals surface area (Å²) in [6, 6.07) is 1.60. The van der Waals surface area contributed by atoms with Crippen molar-refractivity contribution in [2.45, 2.75) is 76.5 Å². The molecule has 3 rings (SSSR count). The SMILES string of the molecule is CCOC1CC(NCCN(C)C2CC2)C12CCCCC2. The van der Waals surface area contributed by atoms with Crippen molar-refractivity contribution in [2.24, 2.45) is 5.41 Å². The van der Waals surface area contributed by atoms with Gasteiger partial charge in [-0.1, -0.05) is 19.3 Å². The molecular formula is C17H32N2O. The minimum atomic E-state index is 0.479. The zero-order valence-corrected chi connectivity index (χ0v) is 13.4. The van der Waals surface area contributed by atoms with Gasteiger partial charge in [0.15, 0.2) is 0 Å². The number of rotatable bonds is 7. The van der Waals surface area contributed by atoms with E-state index in [-0.39, 0.29) is 0 Å². The Bertz CT molecular complexity index is 310. The van der Waals surface area contributed by atoms with E-state index in [4.69, 9.17) is 4.74 Å². The molecule has 116 valence electrons. The summed E-state index contributed by atoms with van der Waals surface area (Å²) in [5, 5.41) is 3.86. The van der Waals surface area contributed by atoms with Crippen LogP contribution in [0.4, 0.5) is 0 Å². The Balaban J connectivity index is 1.47. The first-order valence-electron chi connectivity index (χ1n) is 8.81. The molecule has 2 atom stereocenters. The van der Waals surface area contributed by atoms with Crippen molar-refractivity contribution in [2.75, 3.05) is 26.7 Å². The highest BCUT2D eigenvalue weighted by molar-refractivity contribution is 5.08. The standard InChI is InChI=1S/C17H32N2O/c1-3-20-16-13-15(17(16)9-5-4-6-10-17)18-11-12-19(2)14-7-8-14/h14-16,18H,3-13H2,1-2H3. The van der Waals surface area contributed by atoms with Gasteiger partial charge in [-0.25, -0.2) is 0 Å². The molecule has 0 heterocycles. The Morgan fingerprint density at radius 2 is 1.95 bits per heavy atom. The summed E-state index contributed by atoms with van der Waals surface area (Å²) >= 11 is 0. The van der Waals surface area contributed by atoms with E-state index in [0.29, 0.717) is 17.6 Å². The number of hydrogen-bond donors (Lipinski definition) is 1. The lowest BCUT2D eigenvalue weighted by atomic mass is 9.55. The van der Waals surface area contributed by atoms with Gasteiger partial charge in [-0.2, -0.15) is 0 Å². The second kappa shape index (κ2) is 6.33. The van der Waals surface area contributed by atoms with Crippen LogP contribution in [0, 0.1) is 5.41 Å². The quantitative estimate of drug-likeness (QED) is 0.776. The normalized spacial score (nSPS) is 32.5. The Kier molecular flexibility index (Phi) is 4.68. The van der Waals surface area contributed by atoms with Gasteiger partial charge in [0, 0.05) is 37.2 Å². The molecule has 3 heteroatoms. The van der Waals surface area contributed by atoms with Gasteiger partial charge in [0.2, 0.25) is 0 Å². The lowest BCUT2D eigenvalue weighted by molar-refractivity contribution is -0.150. The third kappa shape index (κ3) is 2.90. The predicted octanol–water partition coefficient (Wildman–Crippen LogP) is 2.80. The summed E-state index contributed by atoms with van der Waals surface area (Å²) in [5.41, 5.74) is 0.479. The van der Waals surface area contributed by atoms with E-state index in [1.807, 2.05) is 0 Å². The van der Waals surface area contributed by atoms with Crippen molar-refractivity contribution >= 4 is 0 Å². The van der Waals surface area contributed by atoms with Gasteiger partial charge in [-0.15, -0.1) is 0 Å². The molecule has 3 fully saturated rings. The topological polar surface area (TPSA) is 24.5 Å². The molecule has 0 aromatic heterocycles. The highest BCUT2D eigenvalue weighted by atomic mass is 16.5. The van der Waals surface area contributed by atoms with Crippen LogP contribution < -0.4 is 5.32 Å². The van der Waals surface area contributed by atoms with Gasteiger partial charge in [-0.3, -0.25) is 0 Å². The van der Waals surface area contributed by atoms with Crippen LogP contribution in [0.2, 0.25) is 0 Å². The Labute approximate surface area is 124 Å². The van der Waals surface area contributed by atoms with Gasteiger partial charge in [0.05, 0.1) is 6.10 Å². The first-order valence-corrected chi connectivity index (χ1v) is 8.81. The third-order valence-corrected chi connectivity index (χ3v) is 5.96. The van der Waals surface area contributed by atoms with Crippen LogP contribution in [0.3, 0.4) is 0 Å². The molecule has 3 nitrogen and oxygen atoms in total. The van der Waals surface area contributed by atoms with E-state index < -0.39 is 0 Å². The monoisotopic (exact) mass is 280 g/mol. The second-order valence-corrected chi connectivity index (χ2v) is 7.19. The van der Waals surface area contributed by atoms with E-state index >= 15 is 0 Å². The molecule has 0 bridgehead atoms. The maximum absolute atomic E-state index is 6.03.